The molecule has 0 aliphatic rings. The monoisotopic (exact) mass is 217 g/mol. The predicted octanol–water partition coefficient (Wildman–Crippen LogP) is 2.77. The maximum Gasteiger partial charge on any atom is 0.0955 e. The number of halogens is 1. The number of imidazole rings is 1. The van der Waals surface area contributed by atoms with Crippen LogP contribution >= 0.6 is 11.6 Å². The molecule has 2 aromatic heterocycles. The number of pyridine rings is 1. The second-order valence-electron chi connectivity index (χ2n) is 3.54. The molecule has 0 N–H and O–H groups in total. The van der Waals surface area contributed by atoms with Gasteiger partial charge >= 0.3 is 0 Å². The first-order valence-electron chi connectivity index (χ1n) is 4.60. The average Bonchev–Trinajstić information content (AvgIpc) is 2.57. The zero-order valence-electron chi connectivity index (χ0n) is 8.11. The van der Waals surface area contributed by atoms with Crippen LogP contribution in [0.4, 0.5) is 0 Å². The van der Waals surface area contributed by atoms with E-state index in [-0.39, 0.29) is 0 Å². The molecule has 0 spiro atoms. The molecule has 0 saturated heterocycles. The normalized spacial score (nSPS) is 11.3. The third-order valence-electron chi connectivity index (χ3n) is 2.49. The van der Waals surface area contributed by atoms with Crippen LogP contribution in [0.5, 0.6) is 0 Å². The van der Waals surface area contributed by atoms with Crippen molar-refractivity contribution in [1.82, 2.24) is 14.5 Å². The lowest BCUT2D eigenvalue weighted by Gasteiger charge is -1.99. The molecule has 0 amide bonds. The fourth-order valence-electron chi connectivity index (χ4n) is 1.72. The van der Waals surface area contributed by atoms with E-state index in [0.717, 1.165) is 21.9 Å². The number of nitrogens with zero attached hydrogens (tertiary/aromatic N) is 3. The van der Waals surface area contributed by atoms with Crippen molar-refractivity contribution in [2.75, 3.05) is 0 Å². The lowest BCUT2D eigenvalue weighted by Crippen LogP contribution is -1.85. The highest BCUT2D eigenvalue weighted by Crippen LogP contribution is 2.22. The Labute approximate surface area is 91.3 Å². The SMILES string of the molecule is Cn1cnc2cc3cc(Cl)cnc3cc21. The number of aromatic nitrogens is 3. The van der Waals surface area contributed by atoms with Crippen molar-refractivity contribution in [2.45, 2.75) is 0 Å². The van der Waals surface area contributed by atoms with Crippen LogP contribution < -0.4 is 0 Å². The van der Waals surface area contributed by atoms with Crippen molar-refractivity contribution < 1.29 is 0 Å². The summed E-state index contributed by atoms with van der Waals surface area (Å²) in [6.07, 6.45) is 3.46. The van der Waals surface area contributed by atoms with Crippen LogP contribution in [0.15, 0.2) is 30.7 Å². The maximum atomic E-state index is 5.89. The Morgan fingerprint density at radius 1 is 1.13 bits per heavy atom. The summed E-state index contributed by atoms with van der Waals surface area (Å²) in [5.41, 5.74) is 2.99. The molecular weight excluding hydrogens is 210 g/mol. The Kier molecular flexibility index (Phi) is 1.70. The molecule has 0 unspecified atom stereocenters. The molecular formula is C11H8ClN3. The minimum atomic E-state index is 0.651. The van der Waals surface area contributed by atoms with Crippen LogP contribution in [0, 0.1) is 0 Å². The Morgan fingerprint density at radius 3 is 2.87 bits per heavy atom. The smallest absolute Gasteiger partial charge is 0.0955 e. The molecule has 0 aliphatic heterocycles. The lowest BCUT2D eigenvalue weighted by molar-refractivity contribution is 0.948. The van der Waals surface area contributed by atoms with Gasteiger partial charge in [0.05, 0.1) is 27.9 Å². The van der Waals surface area contributed by atoms with Gasteiger partial charge < -0.3 is 4.57 Å². The zero-order chi connectivity index (χ0) is 10.4. The van der Waals surface area contributed by atoms with Gasteiger partial charge in [-0.1, -0.05) is 11.6 Å². The van der Waals surface area contributed by atoms with E-state index < -0.39 is 0 Å². The van der Waals surface area contributed by atoms with Crippen molar-refractivity contribution in [2.24, 2.45) is 7.05 Å². The largest absolute Gasteiger partial charge is 0.334 e. The van der Waals surface area contributed by atoms with Gasteiger partial charge in [0, 0.05) is 18.6 Å². The molecule has 3 aromatic rings. The number of hydrogen-bond donors (Lipinski definition) is 0. The Morgan fingerprint density at radius 2 is 2.00 bits per heavy atom. The minimum Gasteiger partial charge on any atom is -0.334 e. The standard InChI is InChI=1S/C11H8ClN3/c1-15-6-14-10-3-7-2-8(12)5-13-9(7)4-11(10)15/h2-6H,1H3. The molecule has 3 rings (SSSR count). The van der Waals surface area contributed by atoms with E-state index in [1.165, 1.54) is 0 Å². The Bertz CT molecular complexity index is 657. The topological polar surface area (TPSA) is 30.7 Å². The molecule has 0 saturated carbocycles. The fraction of sp³-hybridized carbons (Fsp3) is 0.0909. The van der Waals surface area contributed by atoms with E-state index in [9.17, 15) is 0 Å². The first-order valence-corrected chi connectivity index (χ1v) is 4.98. The second-order valence-corrected chi connectivity index (χ2v) is 3.98. The molecule has 1 aromatic carbocycles. The summed E-state index contributed by atoms with van der Waals surface area (Å²) in [4.78, 5) is 8.57. The first-order chi connectivity index (χ1) is 7.24. The molecule has 15 heavy (non-hydrogen) atoms. The summed E-state index contributed by atoms with van der Waals surface area (Å²) in [6.45, 7) is 0. The summed E-state index contributed by atoms with van der Waals surface area (Å²) in [5, 5.41) is 1.67. The molecule has 0 atom stereocenters. The lowest BCUT2D eigenvalue weighted by atomic mass is 10.2. The molecule has 2 heterocycles. The minimum absolute atomic E-state index is 0.651. The van der Waals surface area contributed by atoms with Gasteiger partial charge in [0.1, 0.15) is 0 Å². The van der Waals surface area contributed by atoms with E-state index in [4.69, 9.17) is 11.6 Å². The number of aryl methyl sites for hydroxylation is 1. The van der Waals surface area contributed by atoms with Crippen LogP contribution in [-0.2, 0) is 7.05 Å². The summed E-state index contributed by atoms with van der Waals surface area (Å²) in [5.74, 6) is 0. The van der Waals surface area contributed by atoms with E-state index in [1.54, 1.807) is 12.5 Å². The zero-order valence-corrected chi connectivity index (χ0v) is 8.86. The number of rotatable bonds is 0. The summed E-state index contributed by atoms with van der Waals surface area (Å²) < 4.78 is 1.98. The highest BCUT2D eigenvalue weighted by molar-refractivity contribution is 6.31. The fourth-order valence-corrected chi connectivity index (χ4v) is 1.89. The van der Waals surface area contributed by atoms with Crippen molar-refractivity contribution in [3.8, 4) is 0 Å². The van der Waals surface area contributed by atoms with Crippen LogP contribution in [0.25, 0.3) is 21.9 Å². The van der Waals surface area contributed by atoms with E-state index >= 15 is 0 Å². The number of fused-ring (bicyclic) bond motifs is 2. The van der Waals surface area contributed by atoms with Gasteiger partial charge in [-0.2, -0.15) is 0 Å². The molecule has 0 radical (unpaired) electrons. The molecule has 0 fully saturated rings. The number of hydrogen-bond acceptors (Lipinski definition) is 2. The number of benzene rings is 1. The van der Waals surface area contributed by atoms with Gasteiger partial charge in [-0.05, 0) is 18.2 Å². The van der Waals surface area contributed by atoms with Crippen molar-refractivity contribution in [3.63, 3.8) is 0 Å². The predicted molar refractivity (Wildman–Crippen MR) is 61.0 cm³/mol. The molecule has 0 aliphatic carbocycles. The first kappa shape index (κ1) is 8.68. The van der Waals surface area contributed by atoms with Crippen LogP contribution in [-0.4, -0.2) is 14.5 Å². The van der Waals surface area contributed by atoms with E-state index in [0.29, 0.717) is 5.02 Å². The third-order valence-corrected chi connectivity index (χ3v) is 2.70. The molecule has 74 valence electrons. The molecule has 3 nitrogen and oxygen atoms in total. The molecule has 0 bridgehead atoms. The van der Waals surface area contributed by atoms with Crippen LogP contribution in [0.1, 0.15) is 0 Å². The Hall–Kier alpha value is -1.61. The van der Waals surface area contributed by atoms with E-state index in [1.807, 2.05) is 29.8 Å². The molecule has 4 heteroatoms. The highest BCUT2D eigenvalue weighted by Gasteiger charge is 2.03. The van der Waals surface area contributed by atoms with Crippen LogP contribution in [0.2, 0.25) is 5.02 Å². The maximum absolute atomic E-state index is 5.89. The van der Waals surface area contributed by atoms with Crippen molar-refractivity contribution in [1.29, 1.82) is 0 Å². The van der Waals surface area contributed by atoms with Crippen molar-refractivity contribution >= 4 is 33.5 Å². The van der Waals surface area contributed by atoms with Gasteiger partial charge in [-0.25, -0.2) is 4.98 Å². The third kappa shape index (κ3) is 1.27. The quantitative estimate of drug-likeness (QED) is 0.580. The Balaban J connectivity index is 2.49. The van der Waals surface area contributed by atoms with Gasteiger partial charge in [-0.15, -0.1) is 0 Å². The van der Waals surface area contributed by atoms with Gasteiger partial charge in [0.15, 0.2) is 0 Å². The summed E-state index contributed by atoms with van der Waals surface area (Å²) in [7, 11) is 1.97. The summed E-state index contributed by atoms with van der Waals surface area (Å²) >= 11 is 5.89. The average molecular weight is 218 g/mol. The van der Waals surface area contributed by atoms with Crippen LogP contribution in [0.3, 0.4) is 0 Å². The second kappa shape index (κ2) is 2.94. The highest BCUT2D eigenvalue weighted by atomic mass is 35.5. The van der Waals surface area contributed by atoms with Gasteiger partial charge in [0.25, 0.3) is 0 Å². The van der Waals surface area contributed by atoms with Gasteiger partial charge in [-0.3, -0.25) is 4.98 Å². The van der Waals surface area contributed by atoms with Gasteiger partial charge in [0.2, 0.25) is 0 Å². The van der Waals surface area contributed by atoms with E-state index in [2.05, 4.69) is 9.97 Å². The summed E-state index contributed by atoms with van der Waals surface area (Å²) in [6, 6.07) is 5.93. The van der Waals surface area contributed by atoms with Crippen molar-refractivity contribution in [3.05, 3.63) is 35.7 Å².